The summed E-state index contributed by atoms with van der Waals surface area (Å²) in [7, 11) is 0. The van der Waals surface area contributed by atoms with Crippen molar-refractivity contribution < 1.29 is 14.3 Å². The Morgan fingerprint density at radius 3 is 2.82 bits per heavy atom. The van der Waals surface area contributed by atoms with Gasteiger partial charge in [0.05, 0.1) is 12.9 Å². The van der Waals surface area contributed by atoms with Crippen LogP contribution in [0.1, 0.15) is 52.5 Å². The van der Waals surface area contributed by atoms with Gasteiger partial charge in [0.25, 0.3) is 5.91 Å². The lowest BCUT2D eigenvalue weighted by Gasteiger charge is -2.39. The number of hydrogen-bond acceptors (Lipinski definition) is 5. The number of nitrogens with one attached hydrogen (secondary N) is 1. The van der Waals surface area contributed by atoms with E-state index in [1.807, 2.05) is 42.2 Å². The number of aromatic nitrogens is 2. The fraction of sp³-hybridized carbons (Fsp3) is 0.615. The number of ether oxygens (including phenoxy) is 2. The summed E-state index contributed by atoms with van der Waals surface area (Å²) < 4.78 is 13.8. The second-order valence-corrected chi connectivity index (χ2v) is 10.7. The number of nitrogens with zero attached hydrogens (tertiary/aromatic N) is 3. The second-order valence-electron chi connectivity index (χ2n) is 10.7. The maximum absolute atomic E-state index is 13.1. The summed E-state index contributed by atoms with van der Waals surface area (Å²) in [5, 5.41) is 3.44. The number of likely N-dealkylation sites (tertiary alicyclic amines) is 1. The van der Waals surface area contributed by atoms with Crippen molar-refractivity contribution in [3.63, 3.8) is 0 Å². The smallest absolute Gasteiger partial charge is 0.260 e. The molecular weight excluding hydrogens is 416 g/mol. The normalized spacial score (nSPS) is 23.5. The Kier molecular flexibility index (Phi) is 6.98. The highest BCUT2D eigenvalue weighted by molar-refractivity contribution is 5.78. The lowest BCUT2D eigenvalue weighted by atomic mass is 9.65. The average molecular weight is 455 g/mol. The molecule has 1 aromatic carbocycles. The van der Waals surface area contributed by atoms with E-state index in [1.54, 1.807) is 6.20 Å². The molecule has 180 valence electrons. The van der Waals surface area contributed by atoms with E-state index in [1.165, 1.54) is 6.42 Å². The average Bonchev–Trinajstić information content (AvgIpc) is 3.35. The monoisotopic (exact) mass is 454 g/mol. The number of rotatable bonds is 10. The third kappa shape index (κ3) is 5.88. The highest BCUT2D eigenvalue weighted by Crippen LogP contribution is 2.52. The van der Waals surface area contributed by atoms with Crippen LogP contribution in [0.5, 0.6) is 11.5 Å². The van der Waals surface area contributed by atoms with Gasteiger partial charge in [-0.1, -0.05) is 26.8 Å². The Labute approximate surface area is 197 Å². The van der Waals surface area contributed by atoms with Crippen LogP contribution in [0, 0.1) is 10.8 Å². The zero-order valence-corrected chi connectivity index (χ0v) is 20.5. The molecule has 33 heavy (non-hydrogen) atoms. The lowest BCUT2D eigenvalue weighted by Crippen LogP contribution is -2.40. The minimum Gasteiger partial charge on any atom is -0.490 e. The Morgan fingerprint density at radius 1 is 1.21 bits per heavy atom. The van der Waals surface area contributed by atoms with Gasteiger partial charge in [0.1, 0.15) is 0 Å². The largest absolute Gasteiger partial charge is 0.490 e. The molecule has 1 saturated heterocycles. The molecule has 1 saturated carbocycles. The lowest BCUT2D eigenvalue weighted by molar-refractivity contribution is -0.134. The minimum absolute atomic E-state index is 0.0512. The molecule has 2 heterocycles. The second kappa shape index (κ2) is 9.75. The van der Waals surface area contributed by atoms with E-state index in [-0.39, 0.29) is 17.9 Å². The first-order valence-corrected chi connectivity index (χ1v) is 12.1. The van der Waals surface area contributed by atoms with Crippen LogP contribution in [0.25, 0.3) is 0 Å². The first-order valence-electron chi connectivity index (χ1n) is 12.1. The predicted molar refractivity (Wildman–Crippen MR) is 128 cm³/mol. The number of amides is 1. The van der Waals surface area contributed by atoms with E-state index >= 15 is 0 Å². The van der Waals surface area contributed by atoms with Crippen molar-refractivity contribution in [3.05, 3.63) is 42.5 Å². The van der Waals surface area contributed by atoms with Gasteiger partial charge < -0.3 is 24.3 Å². The van der Waals surface area contributed by atoms with E-state index in [9.17, 15) is 4.79 Å². The fourth-order valence-electron chi connectivity index (χ4n) is 5.88. The number of imidazole rings is 1. The van der Waals surface area contributed by atoms with Gasteiger partial charge >= 0.3 is 0 Å². The van der Waals surface area contributed by atoms with E-state index in [0.29, 0.717) is 29.6 Å². The molecule has 4 rings (SSSR count). The molecule has 2 atom stereocenters. The van der Waals surface area contributed by atoms with Crippen LogP contribution in [0.3, 0.4) is 0 Å². The fourth-order valence-corrected chi connectivity index (χ4v) is 5.88. The van der Waals surface area contributed by atoms with Crippen molar-refractivity contribution in [2.45, 2.75) is 66.1 Å². The van der Waals surface area contributed by atoms with Crippen molar-refractivity contribution in [1.29, 1.82) is 0 Å². The Bertz CT molecular complexity index is 943. The van der Waals surface area contributed by atoms with Gasteiger partial charge in [0, 0.05) is 44.6 Å². The van der Waals surface area contributed by atoms with Crippen LogP contribution in [0.4, 0.5) is 0 Å². The molecule has 7 nitrogen and oxygen atoms in total. The molecular formula is C26H38N4O3. The maximum atomic E-state index is 13.1. The Balaban J connectivity index is 1.32. The summed E-state index contributed by atoms with van der Waals surface area (Å²) in [5.41, 5.74) is 1.63. The molecule has 2 aromatic rings. The molecule has 1 amide bonds. The van der Waals surface area contributed by atoms with Gasteiger partial charge in [-0.3, -0.25) is 4.79 Å². The highest BCUT2D eigenvalue weighted by atomic mass is 16.5. The van der Waals surface area contributed by atoms with Crippen molar-refractivity contribution in [2.75, 3.05) is 26.3 Å². The molecule has 1 aliphatic heterocycles. The van der Waals surface area contributed by atoms with Gasteiger partial charge in [-0.25, -0.2) is 4.98 Å². The predicted octanol–water partition coefficient (Wildman–Crippen LogP) is 3.88. The summed E-state index contributed by atoms with van der Waals surface area (Å²) >= 11 is 0. The molecule has 7 heteroatoms. The van der Waals surface area contributed by atoms with Crippen molar-refractivity contribution >= 4 is 5.91 Å². The molecule has 0 spiro atoms. The van der Waals surface area contributed by atoms with Crippen LogP contribution in [-0.2, 0) is 17.9 Å². The molecule has 1 aromatic heterocycles. The van der Waals surface area contributed by atoms with Crippen molar-refractivity contribution in [1.82, 2.24) is 19.8 Å². The Morgan fingerprint density at radius 2 is 2.06 bits per heavy atom. The highest BCUT2D eigenvalue weighted by Gasteiger charge is 2.50. The van der Waals surface area contributed by atoms with E-state index in [2.05, 4.69) is 36.0 Å². The van der Waals surface area contributed by atoms with Gasteiger partial charge in [0.15, 0.2) is 18.1 Å². The van der Waals surface area contributed by atoms with Crippen LogP contribution in [-0.4, -0.2) is 52.7 Å². The van der Waals surface area contributed by atoms with E-state index in [0.717, 1.165) is 44.6 Å². The molecule has 2 fully saturated rings. The SMILES string of the molecule is CCOc1cc(CNCCn2ccnc2)ccc1OCC(=O)N1CC2(C)CC1CC(C)(C)C2. The maximum Gasteiger partial charge on any atom is 0.260 e. The summed E-state index contributed by atoms with van der Waals surface area (Å²) in [6.07, 6.45) is 8.91. The molecule has 2 unspecified atom stereocenters. The number of benzene rings is 1. The van der Waals surface area contributed by atoms with Crippen LogP contribution < -0.4 is 14.8 Å². The van der Waals surface area contributed by atoms with Gasteiger partial charge in [0.2, 0.25) is 0 Å². The molecule has 0 radical (unpaired) electrons. The third-order valence-corrected chi connectivity index (χ3v) is 6.83. The summed E-state index contributed by atoms with van der Waals surface area (Å²) in [6.45, 7) is 12.8. The number of fused-ring (bicyclic) bond motifs is 2. The van der Waals surface area contributed by atoms with Gasteiger partial charge in [-0.2, -0.15) is 0 Å². The zero-order valence-electron chi connectivity index (χ0n) is 20.5. The minimum atomic E-state index is 0.0512. The topological polar surface area (TPSA) is 68.6 Å². The van der Waals surface area contributed by atoms with Crippen LogP contribution in [0.15, 0.2) is 36.9 Å². The molecule has 2 bridgehead atoms. The molecule has 1 aliphatic carbocycles. The first kappa shape index (κ1) is 23.6. The van der Waals surface area contributed by atoms with Crippen molar-refractivity contribution in [2.24, 2.45) is 10.8 Å². The van der Waals surface area contributed by atoms with E-state index in [4.69, 9.17) is 9.47 Å². The zero-order chi connectivity index (χ0) is 23.5. The Hall–Kier alpha value is -2.54. The van der Waals surface area contributed by atoms with Gasteiger partial charge in [-0.15, -0.1) is 0 Å². The van der Waals surface area contributed by atoms with Crippen LogP contribution >= 0.6 is 0 Å². The van der Waals surface area contributed by atoms with Crippen molar-refractivity contribution in [3.8, 4) is 11.5 Å². The molecule has 2 aliphatic rings. The first-order chi connectivity index (χ1) is 15.8. The standard InChI is InChI=1S/C26H38N4O3/c1-5-32-23-12-20(15-27-8-10-29-11-9-28-19-29)6-7-22(23)33-16-24(31)30-18-26(4)14-21(30)13-25(2,3)17-26/h6-7,9,11-12,19,21,27H,5,8,10,13-18H2,1-4H3. The summed E-state index contributed by atoms with van der Waals surface area (Å²) in [6, 6.07) is 6.27. The van der Waals surface area contributed by atoms with E-state index < -0.39 is 0 Å². The van der Waals surface area contributed by atoms with Gasteiger partial charge in [-0.05, 0) is 54.7 Å². The third-order valence-electron chi connectivity index (χ3n) is 6.83. The number of hydrogen-bond donors (Lipinski definition) is 1. The quantitative estimate of drug-likeness (QED) is 0.552. The van der Waals surface area contributed by atoms with Crippen LogP contribution in [0.2, 0.25) is 0 Å². The molecule has 1 N–H and O–H groups in total. The number of carbonyl (C=O) groups is 1. The summed E-state index contributed by atoms with van der Waals surface area (Å²) in [5.74, 6) is 1.39. The summed E-state index contributed by atoms with van der Waals surface area (Å²) in [4.78, 5) is 19.2. The number of carbonyl (C=O) groups excluding carboxylic acids is 1.